The lowest BCUT2D eigenvalue weighted by Crippen LogP contribution is -2.38. The Kier molecular flexibility index (Phi) is 7.10. The zero-order chi connectivity index (χ0) is 22.6. The van der Waals surface area contributed by atoms with E-state index in [1.54, 1.807) is 55.5 Å². The number of anilines is 2. The molecule has 0 saturated carbocycles. The molecule has 0 aliphatic carbocycles. The summed E-state index contributed by atoms with van der Waals surface area (Å²) in [6.45, 7) is 1.30. The SMILES string of the molecule is COc1ccc(Cl)cc1N(CC(=O)Nc1ccc(Cl)cc1C)S(=O)(=O)c1ccccc1. The number of hydrogen-bond acceptors (Lipinski definition) is 4. The fraction of sp³-hybridized carbons (Fsp3) is 0.136. The Morgan fingerprint density at radius 1 is 1.00 bits per heavy atom. The molecule has 6 nitrogen and oxygen atoms in total. The van der Waals surface area contributed by atoms with Crippen LogP contribution in [0.15, 0.2) is 71.6 Å². The van der Waals surface area contributed by atoms with Gasteiger partial charge in [-0.3, -0.25) is 9.10 Å². The minimum Gasteiger partial charge on any atom is -0.495 e. The van der Waals surface area contributed by atoms with Crippen molar-refractivity contribution in [2.24, 2.45) is 0 Å². The molecule has 0 aromatic heterocycles. The van der Waals surface area contributed by atoms with Gasteiger partial charge in [0.25, 0.3) is 10.0 Å². The molecule has 0 aliphatic heterocycles. The third kappa shape index (κ3) is 5.31. The molecule has 0 unspecified atom stereocenters. The molecule has 1 amide bonds. The summed E-state index contributed by atoms with van der Waals surface area (Å²) in [5.74, 6) is -0.272. The maximum absolute atomic E-state index is 13.4. The van der Waals surface area contributed by atoms with Gasteiger partial charge in [-0.05, 0) is 61.0 Å². The van der Waals surface area contributed by atoms with Gasteiger partial charge in [-0.1, -0.05) is 41.4 Å². The smallest absolute Gasteiger partial charge is 0.264 e. The van der Waals surface area contributed by atoms with Crippen molar-refractivity contribution in [2.45, 2.75) is 11.8 Å². The molecule has 1 N–H and O–H groups in total. The van der Waals surface area contributed by atoms with Gasteiger partial charge in [-0.25, -0.2) is 8.42 Å². The van der Waals surface area contributed by atoms with Gasteiger partial charge in [0.05, 0.1) is 17.7 Å². The van der Waals surface area contributed by atoms with Crippen molar-refractivity contribution < 1.29 is 17.9 Å². The third-order valence-corrected chi connectivity index (χ3v) is 6.73. The van der Waals surface area contributed by atoms with Crippen molar-refractivity contribution in [3.05, 3.63) is 82.3 Å². The molecule has 0 spiro atoms. The summed E-state index contributed by atoms with van der Waals surface area (Å²) in [6, 6.07) is 17.4. The van der Waals surface area contributed by atoms with Crippen LogP contribution in [0.3, 0.4) is 0 Å². The highest BCUT2D eigenvalue weighted by molar-refractivity contribution is 7.92. The predicted molar refractivity (Wildman–Crippen MR) is 124 cm³/mol. The van der Waals surface area contributed by atoms with E-state index in [4.69, 9.17) is 27.9 Å². The molecule has 0 radical (unpaired) electrons. The Balaban J connectivity index is 2.02. The number of halogens is 2. The molecule has 0 atom stereocenters. The largest absolute Gasteiger partial charge is 0.495 e. The summed E-state index contributed by atoms with van der Waals surface area (Å²) < 4.78 is 33.2. The molecule has 0 fully saturated rings. The first kappa shape index (κ1) is 22.9. The number of nitrogens with zero attached hydrogens (tertiary/aromatic N) is 1. The lowest BCUT2D eigenvalue weighted by atomic mass is 10.2. The molecule has 9 heteroatoms. The van der Waals surface area contributed by atoms with Gasteiger partial charge < -0.3 is 10.1 Å². The number of methoxy groups -OCH3 is 1. The number of ether oxygens (including phenoxy) is 1. The summed E-state index contributed by atoms with van der Waals surface area (Å²) in [5.41, 5.74) is 1.44. The van der Waals surface area contributed by atoms with E-state index >= 15 is 0 Å². The minimum absolute atomic E-state index is 0.0347. The van der Waals surface area contributed by atoms with Gasteiger partial charge in [0.2, 0.25) is 5.91 Å². The number of hydrogen-bond donors (Lipinski definition) is 1. The van der Waals surface area contributed by atoms with Crippen LogP contribution in [0.2, 0.25) is 10.0 Å². The van der Waals surface area contributed by atoms with Crippen LogP contribution in [0.25, 0.3) is 0 Å². The second-order valence-corrected chi connectivity index (χ2v) is 9.38. The minimum atomic E-state index is -4.09. The number of benzene rings is 3. The van der Waals surface area contributed by atoms with Gasteiger partial charge in [-0.15, -0.1) is 0 Å². The predicted octanol–water partition coefficient (Wildman–Crippen LogP) is 5.14. The number of sulfonamides is 1. The average molecular weight is 479 g/mol. The van der Waals surface area contributed by atoms with Crippen LogP contribution in [0.5, 0.6) is 5.75 Å². The van der Waals surface area contributed by atoms with E-state index < -0.39 is 22.5 Å². The second-order valence-electron chi connectivity index (χ2n) is 6.65. The number of nitrogens with one attached hydrogen (secondary N) is 1. The molecule has 3 aromatic rings. The van der Waals surface area contributed by atoms with Crippen molar-refractivity contribution in [3.63, 3.8) is 0 Å². The summed E-state index contributed by atoms with van der Waals surface area (Å²) in [7, 11) is -2.68. The normalized spacial score (nSPS) is 11.1. The van der Waals surface area contributed by atoms with Crippen LogP contribution in [0, 0.1) is 6.92 Å². The van der Waals surface area contributed by atoms with Crippen LogP contribution < -0.4 is 14.4 Å². The van der Waals surface area contributed by atoms with E-state index in [0.717, 1.165) is 9.87 Å². The highest BCUT2D eigenvalue weighted by Crippen LogP contribution is 2.35. The van der Waals surface area contributed by atoms with Crippen LogP contribution >= 0.6 is 23.2 Å². The molecule has 3 rings (SSSR count). The van der Waals surface area contributed by atoms with Crippen molar-refractivity contribution in [2.75, 3.05) is 23.3 Å². The standard InChI is InChI=1S/C22H20Cl2N2O4S/c1-15-12-16(23)8-10-19(15)25-22(27)14-26(20-13-17(24)9-11-21(20)30-2)31(28,29)18-6-4-3-5-7-18/h3-13H,14H2,1-2H3,(H,25,27). The van der Waals surface area contributed by atoms with E-state index in [2.05, 4.69) is 5.32 Å². The summed E-state index contributed by atoms with van der Waals surface area (Å²) in [6.07, 6.45) is 0. The van der Waals surface area contributed by atoms with Gasteiger partial charge in [-0.2, -0.15) is 0 Å². The summed E-state index contributed by atoms with van der Waals surface area (Å²) in [5, 5.41) is 3.57. The average Bonchev–Trinajstić information content (AvgIpc) is 2.74. The molecule has 0 saturated heterocycles. The molecular formula is C22H20Cl2N2O4S. The molecule has 0 heterocycles. The first-order chi connectivity index (χ1) is 14.7. The molecule has 0 aliphatic rings. The monoisotopic (exact) mass is 478 g/mol. The Hall–Kier alpha value is -2.74. The molecule has 31 heavy (non-hydrogen) atoms. The van der Waals surface area contributed by atoms with Crippen LogP contribution in [-0.2, 0) is 14.8 Å². The number of carbonyl (C=O) groups excluding carboxylic acids is 1. The van der Waals surface area contributed by atoms with Crippen molar-refractivity contribution in [1.29, 1.82) is 0 Å². The first-order valence-corrected chi connectivity index (χ1v) is 11.4. The number of aryl methyl sites for hydroxylation is 1. The van der Waals surface area contributed by atoms with Gasteiger partial charge in [0.1, 0.15) is 12.3 Å². The molecule has 3 aromatic carbocycles. The Morgan fingerprint density at radius 3 is 2.29 bits per heavy atom. The van der Waals surface area contributed by atoms with Crippen LogP contribution in [-0.4, -0.2) is 28.0 Å². The van der Waals surface area contributed by atoms with Gasteiger partial charge in [0, 0.05) is 15.7 Å². The summed E-state index contributed by atoms with van der Waals surface area (Å²) in [4.78, 5) is 12.9. The highest BCUT2D eigenvalue weighted by atomic mass is 35.5. The maximum atomic E-state index is 13.4. The molecule has 162 valence electrons. The zero-order valence-corrected chi connectivity index (χ0v) is 19.1. The third-order valence-electron chi connectivity index (χ3n) is 4.49. The number of carbonyl (C=O) groups is 1. The van der Waals surface area contributed by atoms with Crippen LogP contribution in [0.4, 0.5) is 11.4 Å². The molecule has 0 bridgehead atoms. The zero-order valence-electron chi connectivity index (χ0n) is 16.8. The Morgan fingerprint density at radius 2 is 1.65 bits per heavy atom. The fourth-order valence-electron chi connectivity index (χ4n) is 2.96. The Labute approximate surface area is 191 Å². The first-order valence-electron chi connectivity index (χ1n) is 9.19. The van der Waals surface area contributed by atoms with Crippen molar-refractivity contribution in [3.8, 4) is 5.75 Å². The lowest BCUT2D eigenvalue weighted by molar-refractivity contribution is -0.114. The second kappa shape index (κ2) is 9.60. The fourth-order valence-corrected chi connectivity index (χ4v) is 4.80. The van der Waals surface area contributed by atoms with Gasteiger partial charge >= 0.3 is 0 Å². The number of amides is 1. The van der Waals surface area contributed by atoms with Gasteiger partial charge in [0.15, 0.2) is 0 Å². The summed E-state index contributed by atoms with van der Waals surface area (Å²) >= 11 is 12.1. The number of rotatable bonds is 7. The van der Waals surface area contributed by atoms with Crippen molar-refractivity contribution in [1.82, 2.24) is 0 Å². The highest BCUT2D eigenvalue weighted by Gasteiger charge is 2.29. The van der Waals surface area contributed by atoms with E-state index in [1.807, 2.05) is 0 Å². The van der Waals surface area contributed by atoms with Crippen molar-refractivity contribution >= 4 is 50.5 Å². The lowest BCUT2D eigenvalue weighted by Gasteiger charge is -2.26. The van der Waals surface area contributed by atoms with E-state index in [-0.39, 0.29) is 16.3 Å². The van der Waals surface area contributed by atoms with E-state index in [1.165, 1.54) is 25.3 Å². The topological polar surface area (TPSA) is 75.7 Å². The molecular weight excluding hydrogens is 459 g/mol. The quantitative estimate of drug-likeness (QED) is 0.509. The Bertz CT molecular complexity index is 1200. The van der Waals surface area contributed by atoms with E-state index in [0.29, 0.717) is 15.7 Å². The van der Waals surface area contributed by atoms with E-state index in [9.17, 15) is 13.2 Å². The van der Waals surface area contributed by atoms with Crippen LogP contribution in [0.1, 0.15) is 5.56 Å². The maximum Gasteiger partial charge on any atom is 0.264 e.